The highest BCUT2D eigenvalue weighted by Gasteiger charge is 2.31. The van der Waals surface area contributed by atoms with Crippen LogP contribution in [0.2, 0.25) is 0 Å². The molecule has 116 valence electrons. The number of carbonyl (C=O) groups is 2. The SMILES string of the molecule is CCOC(=O)[C@@H]1CCCN(C(=O)COCC(F)(F)F)C1. The lowest BCUT2D eigenvalue weighted by molar-refractivity contribution is -0.178. The summed E-state index contributed by atoms with van der Waals surface area (Å²) in [6.07, 6.45) is -3.21. The first-order valence-electron chi connectivity index (χ1n) is 6.42. The van der Waals surface area contributed by atoms with Crippen LogP contribution in [0, 0.1) is 5.92 Å². The monoisotopic (exact) mass is 297 g/mol. The van der Waals surface area contributed by atoms with Gasteiger partial charge in [0.2, 0.25) is 5.91 Å². The number of carbonyl (C=O) groups excluding carboxylic acids is 2. The summed E-state index contributed by atoms with van der Waals surface area (Å²) < 4.78 is 44.9. The van der Waals surface area contributed by atoms with Gasteiger partial charge >= 0.3 is 12.1 Å². The van der Waals surface area contributed by atoms with Crippen molar-refractivity contribution < 1.29 is 32.2 Å². The number of nitrogens with zero attached hydrogens (tertiary/aromatic N) is 1. The number of piperidine rings is 1. The van der Waals surface area contributed by atoms with Gasteiger partial charge in [0.05, 0.1) is 12.5 Å². The first-order chi connectivity index (χ1) is 9.33. The van der Waals surface area contributed by atoms with Crippen LogP contribution in [0.4, 0.5) is 13.2 Å². The molecule has 8 heteroatoms. The molecule has 0 aliphatic carbocycles. The third kappa shape index (κ3) is 5.77. The van der Waals surface area contributed by atoms with Gasteiger partial charge in [-0.15, -0.1) is 0 Å². The minimum Gasteiger partial charge on any atom is -0.466 e. The number of amides is 1. The van der Waals surface area contributed by atoms with Gasteiger partial charge in [-0.3, -0.25) is 9.59 Å². The molecule has 0 unspecified atom stereocenters. The number of ether oxygens (including phenoxy) is 2. The summed E-state index contributed by atoms with van der Waals surface area (Å²) >= 11 is 0. The Kier molecular flexibility index (Phi) is 6.25. The molecular formula is C12H18F3NO4. The Morgan fingerprint density at radius 2 is 2.05 bits per heavy atom. The van der Waals surface area contributed by atoms with Gasteiger partial charge in [-0.1, -0.05) is 0 Å². The normalized spacial score (nSPS) is 19.8. The summed E-state index contributed by atoms with van der Waals surface area (Å²) in [6.45, 7) is 0.465. The average Bonchev–Trinajstić information content (AvgIpc) is 2.37. The van der Waals surface area contributed by atoms with Gasteiger partial charge in [-0.25, -0.2) is 0 Å². The highest BCUT2D eigenvalue weighted by molar-refractivity contribution is 5.79. The van der Waals surface area contributed by atoms with Gasteiger partial charge in [0.1, 0.15) is 13.2 Å². The number of hydrogen-bond donors (Lipinski definition) is 0. The van der Waals surface area contributed by atoms with Crippen LogP contribution in [-0.2, 0) is 19.1 Å². The summed E-state index contributed by atoms with van der Waals surface area (Å²) in [5.41, 5.74) is 0. The van der Waals surface area contributed by atoms with E-state index in [0.29, 0.717) is 19.4 Å². The van der Waals surface area contributed by atoms with E-state index < -0.39 is 31.2 Å². The van der Waals surface area contributed by atoms with Crippen LogP contribution in [0.5, 0.6) is 0 Å². The standard InChI is InChI=1S/C12H18F3NO4/c1-2-20-11(18)9-4-3-5-16(6-9)10(17)7-19-8-12(13,14)15/h9H,2-8H2,1H3/t9-/m1/s1. The molecule has 0 aromatic carbocycles. The quantitative estimate of drug-likeness (QED) is 0.719. The van der Waals surface area contributed by atoms with E-state index in [4.69, 9.17) is 4.74 Å². The van der Waals surface area contributed by atoms with Crippen LogP contribution in [0.15, 0.2) is 0 Å². The zero-order valence-corrected chi connectivity index (χ0v) is 11.2. The van der Waals surface area contributed by atoms with Crippen LogP contribution < -0.4 is 0 Å². The number of halogens is 3. The van der Waals surface area contributed by atoms with Crippen molar-refractivity contribution in [3.05, 3.63) is 0 Å². The predicted molar refractivity (Wildman–Crippen MR) is 62.8 cm³/mol. The smallest absolute Gasteiger partial charge is 0.411 e. The van der Waals surface area contributed by atoms with E-state index in [9.17, 15) is 22.8 Å². The molecule has 0 aromatic heterocycles. The van der Waals surface area contributed by atoms with E-state index in [0.717, 1.165) is 0 Å². The van der Waals surface area contributed by atoms with Gasteiger partial charge in [0, 0.05) is 13.1 Å². The fourth-order valence-electron chi connectivity index (χ4n) is 2.00. The van der Waals surface area contributed by atoms with Crippen molar-refractivity contribution >= 4 is 11.9 Å². The molecule has 20 heavy (non-hydrogen) atoms. The average molecular weight is 297 g/mol. The zero-order valence-electron chi connectivity index (χ0n) is 11.2. The molecule has 0 saturated carbocycles. The largest absolute Gasteiger partial charge is 0.466 e. The third-order valence-electron chi connectivity index (χ3n) is 2.89. The van der Waals surface area contributed by atoms with E-state index >= 15 is 0 Å². The fraction of sp³-hybridized carbons (Fsp3) is 0.833. The first-order valence-corrected chi connectivity index (χ1v) is 6.42. The molecule has 1 rings (SSSR count). The van der Waals surface area contributed by atoms with Crippen molar-refractivity contribution in [1.82, 2.24) is 4.90 Å². The Bertz CT molecular complexity index is 346. The Balaban J connectivity index is 2.38. The Morgan fingerprint density at radius 3 is 2.65 bits per heavy atom. The third-order valence-corrected chi connectivity index (χ3v) is 2.89. The van der Waals surface area contributed by atoms with E-state index in [-0.39, 0.29) is 19.1 Å². The number of esters is 1. The molecule has 0 spiro atoms. The molecule has 5 nitrogen and oxygen atoms in total. The molecular weight excluding hydrogens is 279 g/mol. The van der Waals surface area contributed by atoms with E-state index in [2.05, 4.69) is 4.74 Å². The topological polar surface area (TPSA) is 55.8 Å². The van der Waals surface area contributed by atoms with Crippen LogP contribution >= 0.6 is 0 Å². The molecule has 1 atom stereocenters. The van der Waals surface area contributed by atoms with Crippen molar-refractivity contribution in [1.29, 1.82) is 0 Å². The van der Waals surface area contributed by atoms with Gasteiger partial charge < -0.3 is 14.4 Å². The summed E-state index contributed by atoms with van der Waals surface area (Å²) in [6, 6.07) is 0. The van der Waals surface area contributed by atoms with E-state index in [1.54, 1.807) is 6.92 Å². The maximum atomic E-state index is 11.9. The summed E-state index contributed by atoms with van der Waals surface area (Å²) in [5.74, 6) is -1.32. The van der Waals surface area contributed by atoms with E-state index in [1.807, 2.05) is 0 Å². The lowest BCUT2D eigenvalue weighted by Gasteiger charge is -2.31. The highest BCUT2D eigenvalue weighted by atomic mass is 19.4. The van der Waals surface area contributed by atoms with Crippen LogP contribution in [0.25, 0.3) is 0 Å². The maximum Gasteiger partial charge on any atom is 0.411 e. The van der Waals surface area contributed by atoms with Crippen LogP contribution in [0.3, 0.4) is 0 Å². The number of hydrogen-bond acceptors (Lipinski definition) is 4. The minimum absolute atomic E-state index is 0.174. The molecule has 1 saturated heterocycles. The van der Waals surface area contributed by atoms with Gasteiger partial charge in [-0.2, -0.15) is 13.2 Å². The summed E-state index contributed by atoms with van der Waals surface area (Å²) in [7, 11) is 0. The van der Waals surface area contributed by atoms with Crippen LogP contribution in [-0.4, -0.2) is 55.9 Å². The molecule has 1 heterocycles. The number of rotatable bonds is 5. The van der Waals surface area contributed by atoms with Crippen molar-refractivity contribution in [2.45, 2.75) is 25.9 Å². The zero-order chi connectivity index (χ0) is 15.2. The van der Waals surface area contributed by atoms with Gasteiger partial charge in [-0.05, 0) is 19.8 Å². The fourth-order valence-corrected chi connectivity index (χ4v) is 2.00. The van der Waals surface area contributed by atoms with Crippen molar-refractivity contribution in [2.75, 3.05) is 32.9 Å². The molecule has 0 bridgehead atoms. The lowest BCUT2D eigenvalue weighted by Crippen LogP contribution is -2.44. The molecule has 1 aliphatic rings. The lowest BCUT2D eigenvalue weighted by atomic mass is 9.98. The minimum atomic E-state index is -4.45. The molecule has 1 fully saturated rings. The highest BCUT2D eigenvalue weighted by Crippen LogP contribution is 2.18. The van der Waals surface area contributed by atoms with Crippen molar-refractivity contribution in [3.8, 4) is 0 Å². The second kappa shape index (κ2) is 7.47. The number of likely N-dealkylation sites (tertiary alicyclic amines) is 1. The molecule has 0 N–H and O–H groups in total. The second-order valence-corrected chi connectivity index (χ2v) is 4.54. The number of alkyl halides is 3. The maximum absolute atomic E-state index is 11.9. The Labute approximate surface area is 115 Å². The first kappa shape index (κ1) is 16.7. The van der Waals surface area contributed by atoms with Crippen LogP contribution in [0.1, 0.15) is 19.8 Å². The predicted octanol–water partition coefficient (Wildman–Crippen LogP) is 1.37. The second-order valence-electron chi connectivity index (χ2n) is 4.54. The van der Waals surface area contributed by atoms with Gasteiger partial charge in [0.15, 0.2) is 0 Å². The Morgan fingerprint density at radius 1 is 1.35 bits per heavy atom. The van der Waals surface area contributed by atoms with Crippen molar-refractivity contribution in [2.24, 2.45) is 5.92 Å². The Hall–Kier alpha value is -1.31. The molecule has 1 amide bonds. The van der Waals surface area contributed by atoms with E-state index in [1.165, 1.54) is 4.90 Å². The van der Waals surface area contributed by atoms with Crippen molar-refractivity contribution in [3.63, 3.8) is 0 Å². The summed E-state index contributed by atoms with van der Waals surface area (Å²) in [4.78, 5) is 24.6. The molecule has 0 radical (unpaired) electrons. The van der Waals surface area contributed by atoms with Gasteiger partial charge in [0.25, 0.3) is 0 Å². The molecule has 0 aromatic rings. The summed E-state index contributed by atoms with van der Waals surface area (Å²) in [5, 5.41) is 0. The molecule has 1 aliphatic heterocycles.